The first-order valence-corrected chi connectivity index (χ1v) is 7.22. The maximum atomic E-state index is 13.6. The van der Waals surface area contributed by atoms with Crippen molar-refractivity contribution in [3.63, 3.8) is 0 Å². The lowest BCUT2D eigenvalue weighted by molar-refractivity contribution is -0.138. The van der Waals surface area contributed by atoms with Gasteiger partial charge in [-0.05, 0) is 18.1 Å². The Morgan fingerprint density at radius 3 is 2.52 bits per heavy atom. The van der Waals surface area contributed by atoms with Gasteiger partial charge in [0.2, 0.25) is 0 Å². The van der Waals surface area contributed by atoms with E-state index in [4.69, 9.17) is 11.6 Å². The molecule has 0 radical (unpaired) electrons. The largest absolute Gasteiger partial charge is 0.389 e. The number of hydrogen-bond acceptors (Lipinski definition) is 2. The van der Waals surface area contributed by atoms with E-state index in [9.17, 15) is 17.6 Å². The van der Waals surface area contributed by atoms with E-state index in [1.807, 2.05) is 4.90 Å². The first-order valence-electron chi connectivity index (χ1n) is 6.84. The SMILES string of the molecule is Fc1cccc([C@@H](CCC(F)(F)F)N2CCNCC2)c1Cl. The van der Waals surface area contributed by atoms with Gasteiger partial charge in [0.15, 0.2) is 0 Å². The quantitative estimate of drug-likeness (QED) is 0.848. The molecule has 0 spiro atoms. The molecule has 0 saturated carbocycles. The first kappa shape index (κ1) is 16.5. The van der Waals surface area contributed by atoms with Gasteiger partial charge < -0.3 is 5.32 Å². The molecule has 0 unspecified atom stereocenters. The molecule has 21 heavy (non-hydrogen) atoms. The standard InChI is InChI=1S/C14H17ClF4N2/c15-13-10(2-1-3-11(13)16)12(4-5-14(17,18)19)21-8-6-20-7-9-21/h1-3,12,20H,4-9H2/t12-/m1/s1. The number of nitrogens with zero attached hydrogens (tertiary/aromatic N) is 1. The number of rotatable bonds is 4. The Morgan fingerprint density at radius 1 is 1.24 bits per heavy atom. The van der Waals surface area contributed by atoms with Crippen LogP contribution >= 0.6 is 11.6 Å². The number of hydrogen-bond donors (Lipinski definition) is 1. The fourth-order valence-electron chi connectivity index (χ4n) is 2.61. The predicted octanol–water partition coefficient (Wildman–Crippen LogP) is 3.77. The van der Waals surface area contributed by atoms with Gasteiger partial charge in [-0.25, -0.2) is 4.39 Å². The summed E-state index contributed by atoms with van der Waals surface area (Å²) >= 11 is 5.96. The molecule has 1 aliphatic rings. The van der Waals surface area contributed by atoms with Crippen molar-refractivity contribution in [3.05, 3.63) is 34.6 Å². The zero-order valence-electron chi connectivity index (χ0n) is 11.4. The maximum Gasteiger partial charge on any atom is 0.389 e. The van der Waals surface area contributed by atoms with Crippen molar-refractivity contribution in [3.8, 4) is 0 Å². The summed E-state index contributed by atoms with van der Waals surface area (Å²) in [5.74, 6) is -0.596. The van der Waals surface area contributed by atoms with Crippen LogP contribution < -0.4 is 5.32 Å². The summed E-state index contributed by atoms with van der Waals surface area (Å²) in [6.45, 7) is 2.65. The van der Waals surface area contributed by atoms with Gasteiger partial charge in [-0.3, -0.25) is 4.90 Å². The van der Waals surface area contributed by atoms with E-state index < -0.39 is 24.5 Å². The van der Waals surface area contributed by atoms with Crippen molar-refractivity contribution >= 4 is 11.6 Å². The van der Waals surface area contributed by atoms with E-state index >= 15 is 0 Å². The molecule has 0 amide bonds. The summed E-state index contributed by atoms with van der Waals surface area (Å²) in [5.41, 5.74) is 0.433. The molecule has 118 valence electrons. The topological polar surface area (TPSA) is 15.3 Å². The molecule has 1 heterocycles. The third kappa shape index (κ3) is 4.56. The lowest BCUT2D eigenvalue weighted by Crippen LogP contribution is -2.45. The molecule has 7 heteroatoms. The highest BCUT2D eigenvalue weighted by molar-refractivity contribution is 6.31. The molecule has 0 bridgehead atoms. The summed E-state index contributed by atoms with van der Waals surface area (Å²) < 4.78 is 51.2. The van der Waals surface area contributed by atoms with Crippen molar-refractivity contribution < 1.29 is 17.6 Å². The fourth-order valence-corrected chi connectivity index (χ4v) is 2.86. The smallest absolute Gasteiger partial charge is 0.314 e. The summed E-state index contributed by atoms with van der Waals surface area (Å²) in [5, 5.41) is 3.07. The summed E-state index contributed by atoms with van der Waals surface area (Å²) in [6, 6.07) is 3.79. The minimum absolute atomic E-state index is 0.0804. The van der Waals surface area contributed by atoms with Crippen LogP contribution in [0, 0.1) is 5.82 Å². The van der Waals surface area contributed by atoms with E-state index in [1.165, 1.54) is 12.1 Å². The van der Waals surface area contributed by atoms with Crippen molar-refractivity contribution in [1.82, 2.24) is 10.2 Å². The van der Waals surface area contributed by atoms with Crippen LogP contribution in [0.5, 0.6) is 0 Å². The summed E-state index contributed by atoms with van der Waals surface area (Å²) in [7, 11) is 0. The minimum Gasteiger partial charge on any atom is -0.314 e. The number of alkyl halides is 3. The van der Waals surface area contributed by atoms with Crippen molar-refractivity contribution in [2.24, 2.45) is 0 Å². The number of piperazine rings is 1. The van der Waals surface area contributed by atoms with Gasteiger partial charge in [0.25, 0.3) is 0 Å². The number of halogens is 5. The highest BCUT2D eigenvalue weighted by Crippen LogP contribution is 2.35. The Balaban J connectivity index is 2.23. The Bertz CT molecular complexity index is 473. The predicted molar refractivity (Wildman–Crippen MR) is 73.9 cm³/mol. The van der Waals surface area contributed by atoms with Crippen LogP contribution in [0.25, 0.3) is 0 Å². The van der Waals surface area contributed by atoms with Crippen LogP contribution in [0.4, 0.5) is 17.6 Å². The minimum atomic E-state index is -4.23. The molecular weight excluding hydrogens is 308 g/mol. The Labute approximate surface area is 126 Å². The average molecular weight is 325 g/mol. The van der Waals surface area contributed by atoms with E-state index in [0.29, 0.717) is 31.7 Å². The molecule has 0 aliphatic carbocycles. The van der Waals surface area contributed by atoms with Crippen LogP contribution in [0.3, 0.4) is 0 Å². The zero-order valence-corrected chi connectivity index (χ0v) is 12.1. The molecular formula is C14H17ClF4N2. The lowest BCUT2D eigenvalue weighted by Gasteiger charge is -2.36. The molecule has 1 aliphatic heterocycles. The van der Waals surface area contributed by atoms with Crippen LogP contribution in [0.15, 0.2) is 18.2 Å². The molecule has 2 rings (SSSR count). The third-order valence-corrected chi connectivity index (χ3v) is 4.03. The van der Waals surface area contributed by atoms with Crippen molar-refractivity contribution in [2.75, 3.05) is 26.2 Å². The third-order valence-electron chi connectivity index (χ3n) is 3.63. The van der Waals surface area contributed by atoms with Crippen LogP contribution in [-0.2, 0) is 0 Å². The van der Waals surface area contributed by atoms with Gasteiger partial charge in [0.1, 0.15) is 5.82 Å². The number of nitrogens with one attached hydrogen (secondary N) is 1. The first-order chi connectivity index (χ1) is 9.88. The van der Waals surface area contributed by atoms with Gasteiger partial charge in [0.05, 0.1) is 5.02 Å². The highest BCUT2D eigenvalue weighted by atomic mass is 35.5. The number of benzene rings is 1. The van der Waals surface area contributed by atoms with Gasteiger partial charge >= 0.3 is 6.18 Å². The van der Waals surface area contributed by atoms with Crippen LogP contribution in [0.2, 0.25) is 5.02 Å². The van der Waals surface area contributed by atoms with E-state index in [-0.39, 0.29) is 11.4 Å². The van der Waals surface area contributed by atoms with E-state index in [1.54, 1.807) is 6.07 Å². The zero-order chi connectivity index (χ0) is 15.5. The second-order valence-electron chi connectivity index (χ2n) is 5.10. The van der Waals surface area contributed by atoms with Crippen LogP contribution in [-0.4, -0.2) is 37.3 Å². The average Bonchev–Trinajstić information content (AvgIpc) is 2.43. The van der Waals surface area contributed by atoms with Gasteiger partial charge in [-0.1, -0.05) is 23.7 Å². The van der Waals surface area contributed by atoms with Crippen molar-refractivity contribution in [2.45, 2.75) is 25.1 Å². The van der Waals surface area contributed by atoms with E-state index in [2.05, 4.69) is 5.32 Å². The second-order valence-corrected chi connectivity index (χ2v) is 5.48. The van der Waals surface area contributed by atoms with Crippen molar-refractivity contribution in [1.29, 1.82) is 0 Å². The molecule has 1 N–H and O–H groups in total. The second kappa shape index (κ2) is 6.94. The molecule has 1 aromatic rings. The molecule has 0 aromatic heterocycles. The molecule has 1 aromatic carbocycles. The monoisotopic (exact) mass is 324 g/mol. The van der Waals surface area contributed by atoms with Gasteiger partial charge in [-0.15, -0.1) is 0 Å². The molecule has 1 atom stereocenters. The van der Waals surface area contributed by atoms with Gasteiger partial charge in [-0.2, -0.15) is 13.2 Å². The Morgan fingerprint density at radius 2 is 1.90 bits per heavy atom. The van der Waals surface area contributed by atoms with E-state index in [0.717, 1.165) is 0 Å². The molecule has 2 nitrogen and oxygen atoms in total. The highest BCUT2D eigenvalue weighted by Gasteiger charge is 2.32. The summed E-state index contributed by atoms with van der Waals surface area (Å²) in [6.07, 6.45) is -5.26. The fraction of sp³-hybridized carbons (Fsp3) is 0.571. The maximum absolute atomic E-state index is 13.6. The normalized spacial score (nSPS) is 18.7. The molecule has 1 saturated heterocycles. The Hall–Kier alpha value is -0.850. The Kier molecular flexibility index (Phi) is 5.46. The summed E-state index contributed by atoms with van der Waals surface area (Å²) in [4.78, 5) is 1.93. The van der Waals surface area contributed by atoms with Crippen LogP contribution in [0.1, 0.15) is 24.4 Å². The van der Waals surface area contributed by atoms with Gasteiger partial charge in [0, 0.05) is 38.6 Å². The lowest BCUT2D eigenvalue weighted by atomic mass is 9.99. The molecule has 1 fully saturated rings.